The first kappa shape index (κ1) is 14.6. The van der Waals surface area contributed by atoms with E-state index in [0.717, 1.165) is 18.4 Å². The monoisotopic (exact) mass is 300 g/mol. The van der Waals surface area contributed by atoms with Crippen molar-refractivity contribution >= 4 is 5.91 Å². The normalized spacial score (nSPS) is 15.0. The highest BCUT2D eigenvalue weighted by atomic mass is 16.5. The number of nitrogens with zero attached hydrogens (tertiary/aromatic N) is 3. The lowest BCUT2D eigenvalue weighted by Crippen LogP contribution is -2.23. The minimum Gasteiger partial charge on any atom is -0.474 e. The summed E-state index contributed by atoms with van der Waals surface area (Å²) in [6, 6.07) is 3.79. The van der Waals surface area contributed by atoms with Gasteiger partial charge in [-0.3, -0.25) is 9.48 Å². The van der Waals surface area contributed by atoms with E-state index < -0.39 is 0 Å². The summed E-state index contributed by atoms with van der Waals surface area (Å²) >= 11 is 0. The number of hydrogen-bond acceptors (Lipinski definition) is 4. The molecule has 2 aromatic heterocycles. The molecule has 0 radical (unpaired) electrons. The van der Waals surface area contributed by atoms with Gasteiger partial charge in [0.05, 0.1) is 11.8 Å². The minimum absolute atomic E-state index is 0.149. The molecule has 0 atom stereocenters. The van der Waals surface area contributed by atoms with E-state index in [1.54, 1.807) is 30.3 Å². The van der Waals surface area contributed by atoms with Crippen molar-refractivity contribution in [1.82, 2.24) is 20.1 Å². The summed E-state index contributed by atoms with van der Waals surface area (Å²) in [6.45, 7) is 0.392. The number of rotatable bonds is 5. The molecule has 1 aliphatic rings. The van der Waals surface area contributed by atoms with Gasteiger partial charge in [0.1, 0.15) is 6.10 Å². The van der Waals surface area contributed by atoms with Crippen LogP contribution >= 0.6 is 0 Å². The Morgan fingerprint density at radius 3 is 3.00 bits per heavy atom. The van der Waals surface area contributed by atoms with Gasteiger partial charge in [0, 0.05) is 31.5 Å². The number of nitrogens with one attached hydrogen (secondary N) is 1. The van der Waals surface area contributed by atoms with E-state index >= 15 is 0 Å². The molecule has 116 valence electrons. The molecule has 0 bridgehead atoms. The van der Waals surface area contributed by atoms with Crippen molar-refractivity contribution in [2.75, 3.05) is 0 Å². The van der Waals surface area contributed by atoms with E-state index in [4.69, 9.17) is 4.74 Å². The van der Waals surface area contributed by atoms with Crippen molar-refractivity contribution in [1.29, 1.82) is 0 Å². The molecule has 6 nitrogen and oxygen atoms in total. The number of ether oxygens (including phenoxy) is 1. The van der Waals surface area contributed by atoms with Gasteiger partial charge >= 0.3 is 0 Å². The lowest BCUT2D eigenvalue weighted by atomic mass is 10.2. The molecule has 1 fully saturated rings. The summed E-state index contributed by atoms with van der Waals surface area (Å²) in [4.78, 5) is 16.4. The van der Waals surface area contributed by atoms with Gasteiger partial charge in [0.25, 0.3) is 5.91 Å². The SMILES string of the molecule is Cn1cc(C(=O)NCc2cccnc2OC2CCCC2)cn1. The summed E-state index contributed by atoms with van der Waals surface area (Å²) in [6.07, 6.45) is 9.80. The molecule has 1 aliphatic carbocycles. The van der Waals surface area contributed by atoms with E-state index in [2.05, 4.69) is 15.4 Å². The van der Waals surface area contributed by atoms with Crippen LogP contribution in [0.15, 0.2) is 30.7 Å². The van der Waals surface area contributed by atoms with Crippen LogP contribution in [0.5, 0.6) is 5.88 Å². The predicted octanol–water partition coefficient (Wildman–Crippen LogP) is 2.07. The van der Waals surface area contributed by atoms with Crippen LogP contribution in [-0.4, -0.2) is 26.8 Å². The van der Waals surface area contributed by atoms with Gasteiger partial charge in [-0.15, -0.1) is 0 Å². The fourth-order valence-corrected chi connectivity index (χ4v) is 2.64. The highest BCUT2D eigenvalue weighted by Crippen LogP contribution is 2.24. The zero-order valence-corrected chi connectivity index (χ0v) is 12.7. The van der Waals surface area contributed by atoms with E-state index in [9.17, 15) is 4.79 Å². The Morgan fingerprint density at radius 2 is 2.27 bits per heavy atom. The number of amides is 1. The standard InChI is InChI=1S/C16H20N4O2/c1-20-11-13(10-19-20)15(21)18-9-12-5-4-8-17-16(12)22-14-6-2-3-7-14/h4-5,8,10-11,14H,2-3,6-7,9H2,1H3,(H,18,21). The zero-order valence-electron chi connectivity index (χ0n) is 12.7. The average Bonchev–Trinajstić information content (AvgIpc) is 3.18. The van der Waals surface area contributed by atoms with Crippen LogP contribution < -0.4 is 10.1 Å². The molecule has 0 unspecified atom stereocenters. The first-order valence-corrected chi connectivity index (χ1v) is 7.60. The van der Waals surface area contributed by atoms with E-state index in [1.807, 2.05) is 12.1 Å². The molecule has 3 rings (SSSR count). The smallest absolute Gasteiger partial charge is 0.254 e. The molecule has 0 saturated heterocycles. The van der Waals surface area contributed by atoms with Gasteiger partial charge < -0.3 is 10.1 Å². The Kier molecular flexibility index (Phi) is 4.37. The topological polar surface area (TPSA) is 69.0 Å². The van der Waals surface area contributed by atoms with Crippen LogP contribution in [0.1, 0.15) is 41.6 Å². The highest BCUT2D eigenvalue weighted by molar-refractivity contribution is 5.93. The Labute approximate surface area is 129 Å². The zero-order chi connectivity index (χ0) is 15.4. The van der Waals surface area contributed by atoms with E-state index in [0.29, 0.717) is 18.0 Å². The second kappa shape index (κ2) is 6.60. The quantitative estimate of drug-likeness (QED) is 0.917. The number of aryl methyl sites for hydroxylation is 1. The maximum atomic E-state index is 12.1. The lowest BCUT2D eigenvalue weighted by molar-refractivity contribution is 0.0950. The van der Waals surface area contributed by atoms with Crippen LogP contribution in [0.25, 0.3) is 0 Å². The van der Waals surface area contributed by atoms with Crippen molar-refractivity contribution < 1.29 is 9.53 Å². The third-order valence-corrected chi connectivity index (χ3v) is 3.84. The second-order valence-electron chi connectivity index (χ2n) is 5.58. The molecule has 1 saturated carbocycles. The molecule has 1 amide bonds. The molecule has 0 spiro atoms. The number of carbonyl (C=O) groups is 1. The predicted molar refractivity (Wildman–Crippen MR) is 81.5 cm³/mol. The minimum atomic E-state index is -0.149. The maximum absolute atomic E-state index is 12.1. The Balaban J connectivity index is 1.63. The van der Waals surface area contributed by atoms with E-state index in [1.165, 1.54) is 12.8 Å². The van der Waals surface area contributed by atoms with Crippen molar-refractivity contribution in [2.24, 2.45) is 7.05 Å². The van der Waals surface area contributed by atoms with E-state index in [-0.39, 0.29) is 12.0 Å². The van der Waals surface area contributed by atoms with Gasteiger partial charge in [0.15, 0.2) is 0 Å². The summed E-state index contributed by atoms with van der Waals surface area (Å²) in [5, 5.41) is 6.88. The average molecular weight is 300 g/mol. The largest absolute Gasteiger partial charge is 0.474 e. The van der Waals surface area contributed by atoms with Gasteiger partial charge in [-0.2, -0.15) is 5.10 Å². The van der Waals surface area contributed by atoms with Crippen LogP contribution in [0.2, 0.25) is 0 Å². The molecule has 22 heavy (non-hydrogen) atoms. The molecule has 2 aromatic rings. The molecule has 1 N–H and O–H groups in total. The van der Waals surface area contributed by atoms with Crippen molar-refractivity contribution in [2.45, 2.75) is 38.3 Å². The summed E-state index contributed by atoms with van der Waals surface area (Å²) in [7, 11) is 1.78. The van der Waals surface area contributed by atoms with Gasteiger partial charge in [-0.1, -0.05) is 6.07 Å². The molecule has 6 heteroatoms. The molecule has 0 aliphatic heterocycles. The van der Waals surface area contributed by atoms with Crippen molar-refractivity contribution in [3.8, 4) is 5.88 Å². The summed E-state index contributed by atoms with van der Waals surface area (Å²) in [5.74, 6) is 0.477. The first-order chi connectivity index (χ1) is 10.7. The van der Waals surface area contributed by atoms with Crippen molar-refractivity contribution in [3.05, 3.63) is 41.9 Å². The van der Waals surface area contributed by atoms with Crippen LogP contribution in [-0.2, 0) is 13.6 Å². The fraction of sp³-hybridized carbons (Fsp3) is 0.438. The molecular weight excluding hydrogens is 280 g/mol. The lowest BCUT2D eigenvalue weighted by Gasteiger charge is -2.15. The summed E-state index contributed by atoms with van der Waals surface area (Å²) < 4.78 is 7.57. The summed E-state index contributed by atoms with van der Waals surface area (Å²) in [5.41, 5.74) is 1.44. The first-order valence-electron chi connectivity index (χ1n) is 7.60. The van der Waals surface area contributed by atoms with Gasteiger partial charge in [0.2, 0.25) is 5.88 Å². The molecular formula is C16H20N4O2. The molecule has 0 aromatic carbocycles. The highest BCUT2D eigenvalue weighted by Gasteiger charge is 2.18. The second-order valence-corrected chi connectivity index (χ2v) is 5.58. The third-order valence-electron chi connectivity index (χ3n) is 3.84. The van der Waals surface area contributed by atoms with Crippen LogP contribution in [0, 0.1) is 0 Å². The number of hydrogen-bond donors (Lipinski definition) is 1. The van der Waals surface area contributed by atoms with Gasteiger partial charge in [-0.25, -0.2) is 4.98 Å². The Hall–Kier alpha value is -2.37. The van der Waals surface area contributed by atoms with Crippen LogP contribution in [0.4, 0.5) is 0 Å². The van der Waals surface area contributed by atoms with Crippen LogP contribution in [0.3, 0.4) is 0 Å². The maximum Gasteiger partial charge on any atom is 0.254 e. The number of carbonyl (C=O) groups excluding carboxylic acids is 1. The van der Waals surface area contributed by atoms with Crippen molar-refractivity contribution in [3.63, 3.8) is 0 Å². The fourth-order valence-electron chi connectivity index (χ4n) is 2.64. The number of aromatic nitrogens is 3. The third kappa shape index (κ3) is 3.44. The molecule has 2 heterocycles. The number of pyridine rings is 1. The van der Waals surface area contributed by atoms with Gasteiger partial charge in [-0.05, 0) is 31.7 Å². The Bertz CT molecular complexity index is 647. The Morgan fingerprint density at radius 1 is 1.45 bits per heavy atom.